The molecule has 0 atom stereocenters. The smallest absolute Gasteiger partial charge is 0 e. The summed E-state index contributed by atoms with van der Waals surface area (Å²) in [7, 11) is -0.892. The quantitative estimate of drug-likeness (QED) is 0.105. The summed E-state index contributed by atoms with van der Waals surface area (Å²) in [6.07, 6.45) is 4.24. The molecule has 0 radical (unpaired) electrons. The zero-order chi connectivity index (χ0) is 35.5. The molecule has 0 saturated heterocycles. The van der Waals surface area contributed by atoms with Crippen LogP contribution in [-0.4, -0.2) is 0 Å². The maximum atomic E-state index is 2.23. The Morgan fingerprint density at radius 3 is 0.528 bits per heavy atom. The van der Waals surface area contributed by atoms with E-state index < -0.39 is 15.8 Å². The van der Waals surface area contributed by atoms with Crippen LogP contribution >= 0.6 is 15.8 Å². The molecule has 0 N–H and O–H groups in total. The molecule has 0 saturated carbocycles. The van der Waals surface area contributed by atoms with E-state index in [1.165, 1.54) is 43.0 Å². The first-order valence-electron chi connectivity index (χ1n) is 17.5. The van der Waals surface area contributed by atoms with Crippen LogP contribution in [0.5, 0.6) is 0 Å². The Kier molecular flexibility index (Phi) is 16.4. The van der Waals surface area contributed by atoms with Crippen molar-refractivity contribution >= 4 is 59.8 Å². The van der Waals surface area contributed by atoms with E-state index in [9.17, 15) is 0 Å². The van der Waals surface area contributed by atoms with Gasteiger partial charge in [0.05, 0.1) is 0 Å². The second kappa shape index (κ2) is 22.2. The molecular formula is C50H42P2Pt. The summed E-state index contributed by atoms with van der Waals surface area (Å²) in [6, 6.07) is 85.3. The van der Waals surface area contributed by atoms with Gasteiger partial charge in [-0.15, -0.1) is 0 Å². The second-order valence-electron chi connectivity index (χ2n) is 11.8. The fourth-order valence-corrected chi connectivity index (χ4v) is 10.3. The minimum atomic E-state index is -0.446. The molecule has 3 heteroatoms. The van der Waals surface area contributed by atoms with Gasteiger partial charge < -0.3 is 0 Å². The Morgan fingerprint density at radius 2 is 0.358 bits per heavy atom. The molecule has 0 heterocycles. The van der Waals surface area contributed by atoms with Crippen molar-refractivity contribution in [2.75, 3.05) is 0 Å². The summed E-state index contributed by atoms with van der Waals surface area (Å²) in [4.78, 5) is 0. The molecule has 0 aliphatic rings. The van der Waals surface area contributed by atoms with Gasteiger partial charge in [0.25, 0.3) is 0 Å². The molecular weight excluding hydrogens is 858 g/mol. The van der Waals surface area contributed by atoms with Gasteiger partial charge in [-0.2, -0.15) is 0 Å². The van der Waals surface area contributed by atoms with Gasteiger partial charge in [-0.1, -0.05) is 255 Å². The van der Waals surface area contributed by atoms with Crippen LogP contribution < -0.4 is 31.8 Å². The Labute approximate surface area is 332 Å². The molecule has 0 fully saturated rings. The van der Waals surface area contributed by atoms with E-state index >= 15 is 0 Å². The van der Waals surface area contributed by atoms with Crippen LogP contribution in [0.3, 0.4) is 0 Å². The Balaban J connectivity index is 0.000000154. The van der Waals surface area contributed by atoms with E-state index in [1.54, 1.807) is 0 Å². The van der Waals surface area contributed by atoms with Crippen LogP contribution in [0.1, 0.15) is 11.1 Å². The van der Waals surface area contributed by atoms with Crippen LogP contribution in [-0.2, 0) is 21.1 Å². The third kappa shape index (κ3) is 12.3. The molecule has 8 rings (SSSR count). The maximum Gasteiger partial charge on any atom is 0 e. The van der Waals surface area contributed by atoms with Crippen molar-refractivity contribution in [3.8, 4) is 0 Å². The average molecular weight is 900 g/mol. The number of benzene rings is 8. The van der Waals surface area contributed by atoms with Gasteiger partial charge in [0.2, 0.25) is 0 Å². The Morgan fingerprint density at radius 1 is 0.208 bits per heavy atom. The summed E-state index contributed by atoms with van der Waals surface area (Å²) in [5.74, 6) is 0. The zero-order valence-electron chi connectivity index (χ0n) is 29.5. The first-order chi connectivity index (χ1) is 25.8. The maximum absolute atomic E-state index is 2.23. The van der Waals surface area contributed by atoms with Crippen molar-refractivity contribution in [3.63, 3.8) is 0 Å². The predicted octanol–water partition coefficient (Wildman–Crippen LogP) is 10.7. The van der Waals surface area contributed by atoms with Gasteiger partial charge >= 0.3 is 0 Å². The first-order valence-corrected chi connectivity index (χ1v) is 20.2. The van der Waals surface area contributed by atoms with Crippen molar-refractivity contribution in [1.29, 1.82) is 0 Å². The number of hydrogen-bond acceptors (Lipinski definition) is 0. The van der Waals surface area contributed by atoms with Gasteiger partial charge in [-0.05, 0) is 58.8 Å². The van der Waals surface area contributed by atoms with Crippen LogP contribution in [0.2, 0.25) is 0 Å². The molecule has 0 bridgehead atoms. The molecule has 8 aromatic carbocycles. The second-order valence-corrected chi connectivity index (χ2v) is 16.3. The summed E-state index contributed by atoms with van der Waals surface area (Å²) < 4.78 is 0. The minimum Gasteiger partial charge on any atom is -0.0622 e. The van der Waals surface area contributed by atoms with Crippen molar-refractivity contribution in [1.82, 2.24) is 0 Å². The molecule has 8 aromatic rings. The number of rotatable bonds is 8. The molecule has 0 aliphatic heterocycles. The molecule has 0 amide bonds. The van der Waals surface area contributed by atoms with Crippen LogP contribution in [0.25, 0.3) is 12.2 Å². The third-order valence-electron chi connectivity index (χ3n) is 8.15. The Hall–Kier alpha value is -4.95. The summed E-state index contributed by atoms with van der Waals surface area (Å²) >= 11 is 0. The summed E-state index contributed by atoms with van der Waals surface area (Å²) in [6.45, 7) is 0. The fourth-order valence-electron chi connectivity index (χ4n) is 5.68. The SMILES string of the molecule is C(=C\c1ccccc1)/c1ccccc1.[Pt].c1ccc(P(c2ccccc2)c2ccccc2)cc1.c1ccc(P(c2ccccc2)c2ccccc2)cc1. The minimum absolute atomic E-state index is 0. The average Bonchev–Trinajstić information content (AvgIpc) is 3.24. The van der Waals surface area contributed by atoms with E-state index in [1.807, 2.05) is 36.4 Å². The molecule has 0 nitrogen and oxygen atoms in total. The predicted molar refractivity (Wildman–Crippen MR) is 232 cm³/mol. The van der Waals surface area contributed by atoms with Crippen molar-refractivity contribution in [2.24, 2.45) is 0 Å². The first kappa shape index (κ1) is 39.3. The monoisotopic (exact) mass is 899 g/mol. The number of hydrogen-bond donors (Lipinski definition) is 0. The van der Waals surface area contributed by atoms with Gasteiger partial charge in [-0.3, -0.25) is 0 Å². The van der Waals surface area contributed by atoms with E-state index in [0.29, 0.717) is 0 Å². The third-order valence-corrected chi connectivity index (χ3v) is 13.0. The van der Waals surface area contributed by atoms with Crippen LogP contribution in [0.15, 0.2) is 243 Å². The molecule has 262 valence electrons. The molecule has 0 unspecified atom stereocenters. The van der Waals surface area contributed by atoms with E-state index in [0.717, 1.165) is 0 Å². The van der Waals surface area contributed by atoms with Gasteiger partial charge in [0, 0.05) is 21.1 Å². The van der Waals surface area contributed by atoms with Gasteiger partial charge in [0.15, 0.2) is 0 Å². The largest absolute Gasteiger partial charge is 0.0622 e. The Bertz CT molecular complexity index is 1800. The topological polar surface area (TPSA) is 0 Å². The van der Waals surface area contributed by atoms with Gasteiger partial charge in [0.1, 0.15) is 0 Å². The van der Waals surface area contributed by atoms with Crippen molar-refractivity contribution in [2.45, 2.75) is 0 Å². The molecule has 0 spiro atoms. The van der Waals surface area contributed by atoms with E-state index in [2.05, 4.69) is 218 Å². The normalized spacial score (nSPS) is 10.4. The standard InChI is InChI=1S/2C18H15P.C14H12.Pt/c2*1-4-10-16(11-5-1)19(17-12-6-2-7-13-17)18-14-8-3-9-15-18;1-3-7-13(8-4-1)11-12-14-9-5-2-6-10-14;/h2*1-15H;1-12H;/b;;12-11+;. The van der Waals surface area contributed by atoms with Crippen LogP contribution in [0.4, 0.5) is 0 Å². The summed E-state index contributed by atoms with van der Waals surface area (Å²) in [5.41, 5.74) is 2.47. The van der Waals surface area contributed by atoms with Crippen LogP contribution in [0, 0.1) is 0 Å². The molecule has 53 heavy (non-hydrogen) atoms. The van der Waals surface area contributed by atoms with E-state index in [-0.39, 0.29) is 21.1 Å². The molecule has 0 aromatic heterocycles. The van der Waals surface area contributed by atoms with E-state index in [4.69, 9.17) is 0 Å². The van der Waals surface area contributed by atoms with Gasteiger partial charge in [-0.25, -0.2) is 0 Å². The van der Waals surface area contributed by atoms with Crippen molar-refractivity contribution < 1.29 is 21.1 Å². The zero-order valence-corrected chi connectivity index (χ0v) is 33.5. The van der Waals surface area contributed by atoms with Crippen molar-refractivity contribution in [3.05, 3.63) is 254 Å². The summed E-state index contributed by atoms with van der Waals surface area (Å²) in [5, 5.41) is 8.39. The molecule has 0 aliphatic carbocycles. The fraction of sp³-hybridized carbons (Fsp3) is 0.